The predicted molar refractivity (Wildman–Crippen MR) is 86.5 cm³/mol. The molecular weight excluding hydrogens is 369 g/mol. The second-order valence-corrected chi connectivity index (χ2v) is 9.84. The van der Waals surface area contributed by atoms with E-state index in [0.717, 1.165) is 16.4 Å². The number of alkyl halides is 3. The first-order valence-electron chi connectivity index (χ1n) is 8.33. The average molecular weight is 386 g/mol. The highest BCUT2D eigenvalue weighted by atomic mass is 32.2. The quantitative estimate of drug-likeness (QED) is 0.804. The Morgan fingerprint density at radius 2 is 2.00 bits per heavy atom. The molecular formula is C17H17F3N2O3S. The van der Waals surface area contributed by atoms with Gasteiger partial charge in [-0.2, -0.15) is 18.4 Å². The topological polar surface area (TPSA) is 81.4 Å². The summed E-state index contributed by atoms with van der Waals surface area (Å²) in [6, 6.07) is 4.48. The number of fused-ring (bicyclic) bond motifs is 5. The second-order valence-electron chi connectivity index (χ2n) is 7.57. The molecule has 0 unspecified atom stereocenters. The van der Waals surface area contributed by atoms with Gasteiger partial charge in [-0.1, -0.05) is 0 Å². The lowest BCUT2D eigenvalue weighted by molar-refractivity contribution is -0.137. The monoisotopic (exact) mass is 386 g/mol. The molecule has 1 saturated heterocycles. The van der Waals surface area contributed by atoms with Crippen LogP contribution in [-0.4, -0.2) is 30.9 Å². The van der Waals surface area contributed by atoms with Gasteiger partial charge in [-0.3, -0.25) is 4.31 Å². The first kappa shape index (κ1) is 17.6. The Morgan fingerprint density at radius 1 is 1.31 bits per heavy atom. The SMILES string of the molecule is C[C@@]12[C@@H](CN(c3ccc(C#N)c(C(F)(F)F)c3)S1(=O)=O)[C@@H]1C[C@H](O)[C@@H]2C1. The van der Waals surface area contributed by atoms with E-state index in [1.807, 2.05) is 0 Å². The van der Waals surface area contributed by atoms with Crippen LogP contribution < -0.4 is 4.31 Å². The summed E-state index contributed by atoms with van der Waals surface area (Å²) < 4.78 is 66.0. The fourth-order valence-electron chi connectivity index (χ4n) is 5.23. The number of aliphatic hydroxyl groups is 1. The summed E-state index contributed by atoms with van der Waals surface area (Å²) in [6.07, 6.45) is -4.27. The molecule has 5 nitrogen and oxygen atoms in total. The van der Waals surface area contributed by atoms with Crippen molar-refractivity contribution < 1.29 is 26.7 Å². The van der Waals surface area contributed by atoms with Crippen molar-refractivity contribution in [2.75, 3.05) is 10.8 Å². The number of aliphatic hydroxyl groups excluding tert-OH is 1. The highest BCUT2D eigenvalue weighted by Crippen LogP contribution is 2.62. The number of hydrogen-bond acceptors (Lipinski definition) is 4. The average Bonchev–Trinajstić information content (AvgIpc) is 3.13. The van der Waals surface area contributed by atoms with E-state index < -0.39 is 44.1 Å². The Labute approximate surface area is 149 Å². The van der Waals surface area contributed by atoms with Gasteiger partial charge >= 0.3 is 6.18 Å². The van der Waals surface area contributed by atoms with E-state index in [1.165, 1.54) is 12.1 Å². The zero-order valence-corrected chi connectivity index (χ0v) is 14.7. The molecule has 9 heteroatoms. The highest BCUT2D eigenvalue weighted by molar-refractivity contribution is 7.94. The van der Waals surface area contributed by atoms with Gasteiger partial charge < -0.3 is 5.11 Å². The molecule has 1 aromatic rings. The smallest absolute Gasteiger partial charge is 0.393 e. The number of rotatable bonds is 1. The number of sulfonamides is 1. The van der Waals surface area contributed by atoms with Gasteiger partial charge in [0.25, 0.3) is 0 Å². The summed E-state index contributed by atoms with van der Waals surface area (Å²) in [5.74, 6) is -0.556. The Hall–Kier alpha value is -1.79. The van der Waals surface area contributed by atoms with Crippen molar-refractivity contribution in [2.24, 2.45) is 17.8 Å². The highest BCUT2D eigenvalue weighted by Gasteiger charge is 2.70. The number of benzene rings is 1. The maximum atomic E-state index is 13.2. The van der Waals surface area contributed by atoms with Crippen LogP contribution in [0, 0.1) is 29.1 Å². The van der Waals surface area contributed by atoms with E-state index >= 15 is 0 Å². The molecule has 1 heterocycles. The zero-order chi connectivity index (χ0) is 19.1. The molecule has 3 fully saturated rings. The predicted octanol–water partition coefficient (Wildman–Crippen LogP) is 2.50. The second kappa shape index (κ2) is 5.14. The van der Waals surface area contributed by atoms with Crippen LogP contribution in [0.2, 0.25) is 0 Å². The molecule has 140 valence electrons. The summed E-state index contributed by atoms with van der Waals surface area (Å²) in [4.78, 5) is 0. The van der Waals surface area contributed by atoms with Crippen molar-refractivity contribution >= 4 is 15.7 Å². The molecule has 26 heavy (non-hydrogen) atoms. The number of nitrogens with zero attached hydrogens (tertiary/aromatic N) is 2. The van der Waals surface area contributed by atoms with Crippen LogP contribution in [0.15, 0.2) is 18.2 Å². The van der Waals surface area contributed by atoms with E-state index in [0.29, 0.717) is 12.8 Å². The molecule has 0 radical (unpaired) electrons. The van der Waals surface area contributed by atoms with Gasteiger partial charge in [-0.25, -0.2) is 8.42 Å². The maximum absolute atomic E-state index is 13.2. The fourth-order valence-corrected chi connectivity index (χ4v) is 7.74. The van der Waals surface area contributed by atoms with Crippen molar-refractivity contribution in [3.63, 3.8) is 0 Å². The standard InChI is InChI=1S/C17H17F3N2O3S/c1-16-13-4-10(5-15(13)23)14(16)8-22(26(16,24)25)11-3-2-9(7-21)12(6-11)17(18,19)20/h2-3,6,10,13-15,23H,4-5,8H2,1H3/t10-,13-,14-,15-,16+/m0/s1. The van der Waals surface area contributed by atoms with Gasteiger partial charge in [0.15, 0.2) is 0 Å². The minimum Gasteiger partial charge on any atom is -0.393 e. The summed E-state index contributed by atoms with van der Waals surface area (Å²) in [7, 11) is -3.94. The lowest BCUT2D eigenvalue weighted by atomic mass is 9.78. The third-order valence-corrected chi connectivity index (χ3v) is 9.19. The molecule has 2 saturated carbocycles. The number of hydrogen-bond donors (Lipinski definition) is 1. The van der Waals surface area contributed by atoms with Crippen LogP contribution in [0.4, 0.5) is 18.9 Å². The van der Waals surface area contributed by atoms with Gasteiger partial charge in [0, 0.05) is 18.4 Å². The first-order chi connectivity index (χ1) is 12.0. The third-order valence-electron chi connectivity index (χ3n) is 6.53. The van der Waals surface area contributed by atoms with E-state index in [-0.39, 0.29) is 24.1 Å². The Kier molecular flexibility index (Phi) is 3.48. The minimum atomic E-state index is -4.75. The molecule has 2 bridgehead atoms. The molecule has 2 aliphatic carbocycles. The van der Waals surface area contributed by atoms with Gasteiger partial charge in [0.05, 0.1) is 33.7 Å². The van der Waals surface area contributed by atoms with Crippen LogP contribution in [0.1, 0.15) is 30.9 Å². The third kappa shape index (κ3) is 2.03. The summed E-state index contributed by atoms with van der Waals surface area (Å²) in [5.41, 5.74) is -1.77. The molecule has 1 aromatic carbocycles. The summed E-state index contributed by atoms with van der Waals surface area (Å²) in [5, 5.41) is 19.1. The largest absolute Gasteiger partial charge is 0.417 e. The molecule has 1 N–H and O–H groups in total. The fraction of sp³-hybridized carbons (Fsp3) is 0.588. The van der Waals surface area contributed by atoms with Gasteiger partial charge in [-0.05, 0) is 43.9 Å². The van der Waals surface area contributed by atoms with Crippen molar-refractivity contribution in [3.05, 3.63) is 29.3 Å². The number of halogens is 3. The van der Waals surface area contributed by atoms with Crippen LogP contribution >= 0.6 is 0 Å². The van der Waals surface area contributed by atoms with Crippen molar-refractivity contribution in [2.45, 2.75) is 36.8 Å². The van der Waals surface area contributed by atoms with Gasteiger partial charge in [-0.15, -0.1) is 0 Å². The van der Waals surface area contributed by atoms with Gasteiger partial charge in [0.2, 0.25) is 10.0 Å². The molecule has 4 rings (SSSR count). The molecule has 3 aliphatic rings. The Morgan fingerprint density at radius 3 is 2.62 bits per heavy atom. The van der Waals surface area contributed by atoms with Crippen molar-refractivity contribution in [3.8, 4) is 6.07 Å². The van der Waals surface area contributed by atoms with Gasteiger partial charge in [0.1, 0.15) is 0 Å². The van der Waals surface area contributed by atoms with Crippen LogP contribution in [-0.2, 0) is 16.2 Å². The van der Waals surface area contributed by atoms with Crippen molar-refractivity contribution in [1.82, 2.24) is 0 Å². The van der Waals surface area contributed by atoms with Crippen LogP contribution in [0.25, 0.3) is 0 Å². The summed E-state index contributed by atoms with van der Waals surface area (Å²) in [6.45, 7) is 1.71. The van der Waals surface area contributed by atoms with E-state index in [1.54, 1.807) is 6.92 Å². The first-order valence-corrected chi connectivity index (χ1v) is 9.77. The number of anilines is 1. The van der Waals surface area contributed by atoms with Crippen molar-refractivity contribution in [1.29, 1.82) is 5.26 Å². The molecule has 0 amide bonds. The normalized spacial score (nSPS) is 37.6. The van der Waals surface area contributed by atoms with E-state index in [9.17, 15) is 26.7 Å². The van der Waals surface area contributed by atoms with Crippen LogP contribution in [0.5, 0.6) is 0 Å². The Bertz CT molecular complexity index is 924. The summed E-state index contributed by atoms with van der Waals surface area (Å²) >= 11 is 0. The maximum Gasteiger partial charge on any atom is 0.417 e. The van der Waals surface area contributed by atoms with E-state index in [2.05, 4.69) is 0 Å². The zero-order valence-electron chi connectivity index (χ0n) is 13.9. The molecule has 0 aromatic heterocycles. The lowest BCUT2D eigenvalue weighted by Gasteiger charge is -2.36. The molecule has 1 aliphatic heterocycles. The molecule has 0 spiro atoms. The minimum absolute atomic E-state index is 0.0558. The van der Waals surface area contributed by atoms with Crippen LogP contribution in [0.3, 0.4) is 0 Å². The number of nitriles is 1. The lowest BCUT2D eigenvalue weighted by Crippen LogP contribution is -2.49. The molecule has 5 atom stereocenters. The Balaban J connectivity index is 1.81. The van der Waals surface area contributed by atoms with E-state index in [4.69, 9.17) is 5.26 Å².